The fourth-order valence-electron chi connectivity index (χ4n) is 3.04. The lowest BCUT2D eigenvalue weighted by molar-refractivity contribution is -0.487. The molecule has 1 fully saturated rings. The maximum Gasteiger partial charge on any atom is 0.214 e. The molecule has 1 aromatic carbocycles. The van der Waals surface area contributed by atoms with Crippen LogP contribution in [0.3, 0.4) is 0 Å². The summed E-state index contributed by atoms with van der Waals surface area (Å²) in [5.74, 6) is -0.449. The molecule has 1 aliphatic rings. The summed E-state index contributed by atoms with van der Waals surface area (Å²) >= 11 is 3.36. The van der Waals surface area contributed by atoms with Crippen molar-refractivity contribution in [1.29, 1.82) is 0 Å². The van der Waals surface area contributed by atoms with Crippen molar-refractivity contribution >= 4 is 27.8 Å². The number of halogens is 1. The lowest BCUT2D eigenvalue weighted by Gasteiger charge is -2.26. The summed E-state index contributed by atoms with van der Waals surface area (Å²) in [6.07, 6.45) is 8.42. The van der Waals surface area contributed by atoms with E-state index in [1.165, 1.54) is 12.5 Å². The number of carbonyl (C=O) groups excluding carboxylic acids is 1. The van der Waals surface area contributed by atoms with Crippen molar-refractivity contribution in [1.82, 2.24) is 0 Å². The Balaban J connectivity index is 2.07. The van der Waals surface area contributed by atoms with Gasteiger partial charge in [0.05, 0.1) is 5.92 Å². The van der Waals surface area contributed by atoms with Crippen LogP contribution in [-0.2, 0) is 4.79 Å². The largest absolute Gasteiger partial charge is 0.294 e. The van der Waals surface area contributed by atoms with Crippen LogP contribution in [0.15, 0.2) is 34.8 Å². The zero-order valence-electron chi connectivity index (χ0n) is 12.4. The highest BCUT2D eigenvalue weighted by Gasteiger charge is 2.32. The molecular formula is C17H20BrNO3. The molecule has 5 heteroatoms. The minimum atomic E-state index is -0.484. The summed E-state index contributed by atoms with van der Waals surface area (Å²) in [4.78, 5) is 23.0. The maximum absolute atomic E-state index is 12.4. The van der Waals surface area contributed by atoms with Crippen molar-refractivity contribution in [3.05, 3.63) is 50.5 Å². The number of nitro groups is 1. The first-order chi connectivity index (χ1) is 10.6. The van der Waals surface area contributed by atoms with Crippen LogP contribution in [0, 0.1) is 22.0 Å². The van der Waals surface area contributed by atoms with Gasteiger partial charge in [-0.3, -0.25) is 14.9 Å². The van der Waals surface area contributed by atoms with Gasteiger partial charge in [0.25, 0.3) is 0 Å². The van der Waals surface area contributed by atoms with Crippen LogP contribution in [-0.4, -0.2) is 17.3 Å². The van der Waals surface area contributed by atoms with Gasteiger partial charge in [-0.2, -0.15) is 0 Å². The summed E-state index contributed by atoms with van der Waals surface area (Å²) < 4.78 is 0.976. The molecule has 0 unspecified atom stereocenters. The third-order valence-electron chi connectivity index (χ3n) is 4.24. The van der Waals surface area contributed by atoms with E-state index in [9.17, 15) is 14.9 Å². The lowest BCUT2D eigenvalue weighted by atomic mass is 9.78. The van der Waals surface area contributed by atoms with E-state index in [1.807, 2.05) is 24.3 Å². The average Bonchev–Trinajstić information content (AvgIpc) is 2.52. The third kappa shape index (κ3) is 5.05. The van der Waals surface area contributed by atoms with Crippen LogP contribution >= 0.6 is 15.9 Å². The molecule has 0 aliphatic heterocycles. The molecule has 118 valence electrons. The fraction of sp³-hybridized carbons (Fsp3) is 0.471. The molecule has 0 radical (unpaired) electrons. The van der Waals surface area contributed by atoms with Crippen LogP contribution < -0.4 is 0 Å². The zero-order chi connectivity index (χ0) is 15.9. The molecule has 1 saturated carbocycles. The van der Waals surface area contributed by atoms with Crippen LogP contribution in [0.5, 0.6) is 0 Å². The fourth-order valence-corrected chi connectivity index (χ4v) is 3.31. The van der Waals surface area contributed by atoms with Gasteiger partial charge >= 0.3 is 0 Å². The smallest absolute Gasteiger partial charge is 0.214 e. The Kier molecular flexibility index (Phi) is 6.31. The van der Waals surface area contributed by atoms with Crippen LogP contribution in [0.25, 0.3) is 6.08 Å². The van der Waals surface area contributed by atoms with E-state index >= 15 is 0 Å². The van der Waals surface area contributed by atoms with Gasteiger partial charge in [-0.1, -0.05) is 53.4 Å². The van der Waals surface area contributed by atoms with Gasteiger partial charge in [0.2, 0.25) is 6.54 Å². The number of rotatable bonds is 6. The molecule has 0 spiro atoms. The van der Waals surface area contributed by atoms with Gasteiger partial charge < -0.3 is 0 Å². The second-order valence-electron chi connectivity index (χ2n) is 5.81. The number of hydrogen-bond acceptors (Lipinski definition) is 3. The predicted octanol–water partition coefficient (Wildman–Crippen LogP) is 4.50. The topological polar surface area (TPSA) is 60.2 Å². The Morgan fingerprint density at radius 1 is 1.27 bits per heavy atom. The Bertz CT molecular complexity index is 548. The highest BCUT2D eigenvalue weighted by Crippen LogP contribution is 2.31. The summed E-state index contributed by atoms with van der Waals surface area (Å²) in [5.41, 5.74) is 0.917. The Morgan fingerprint density at radius 2 is 1.91 bits per heavy atom. The number of ketones is 1. The molecule has 0 N–H and O–H groups in total. The van der Waals surface area contributed by atoms with E-state index in [2.05, 4.69) is 15.9 Å². The minimum absolute atomic E-state index is 0.119. The van der Waals surface area contributed by atoms with Gasteiger partial charge in [0.1, 0.15) is 0 Å². The monoisotopic (exact) mass is 365 g/mol. The first-order valence-electron chi connectivity index (χ1n) is 7.65. The second kappa shape index (κ2) is 8.22. The van der Waals surface area contributed by atoms with E-state index in [-0.39, 0.29) is 23.2 Å². The quantitative estimate of drug-likeness (QED) is 0.423. The highest BCUT2D eigenvalue weighted by atomic mass is 79.9. The first kappa shape index (κ1) is 16.9. The molecule has 4 nitrogen and oxygen atoms in total. The predicted molar refractivity (Wildman–Crippen MR) is 90.1 cm³/mol. The normalized spacial score (nSPS) is 17.5. The number of benzene rings is 1. The Morgan fingerprint density at radius 3 is 2.50 bits per heavy atom. The van der Waals surface area contributed by atoms with Crippen molar-refractivity contribution in [3.8, 4) is 0 Å². The van der Waals surface area contributed by atoms with Crippen LogP contribution in [0.4, 0.5) is 0 Å². The molecule has 1 atom stereocenters. The van der Waals surface area contributed by atoms with E-state index in [1.54, 1.807) is 6.08 Å². The number of carbonyl (C=O) groups is 1. The Labute approximate surface area is 138 Å². The molecule has 0 aromatic heterocycles. The van der Waals surface area contributed by atoms with Crippen molar-refractivity contribution in [2.75, 3.05) is 6.54 Å². The average molecular weight is 366 g/mol. The molecule has 0 bridgehead atoms. The van der Waals surface area contributed by atoms with Crippen molar-refractivity contribution in [3.63, 3.8) is 0 Å². The molecule has 22 heavy (non-hydrogen) atoms. The summed E-state index contributed by atoms with van der Waals surface area (Å²) in [6.45, 7) is -0.256. The second-order valence-corrected chi connectivity index (χ2v) is 6.72. The molecular weight excluding hydrogens is 346 g/mol. The molecule has 1 aromatic rings. The lowest BCUT2D eigenvalue weighted by Crippen LogP contribution is -2.31. The molecule has 2 rings (SSSR count). The Hall–Kier alpha value is -1.49. The van der Waals surface area contributed by atoms with E-state index in [0.717, 1.165) is 35.7 Å². The summed E-state index contributed by atoms with van der Waals surface area (Å²) in [6, 6.07) is 7.60. The standard InChI is InChI=1S/C17H20BrNO3/c18-15-9-6-13(7-10-15)8-11-17(20)16(12-19(21)22)14-4-2-1-3-5-14/h6-11,14,16H,1-5,12H2/b11-8+/t16-/m1/s1. The van der Waals surface area contributed by atoms with Gasteiger partial charge in [0, 0.05) is 9.40 Å². The molecule has 0 heterocycles. The molecule has 0 saturated heterocycles. The minimum Gasteiger partial charge on any atom is -0.294 e. The van der Waals surface area contributed by atoms with Gasteiger partial charge in [-0.25, -0.2) is 0 Å². The number of nitrogens with zero attached hydrogens (tertiary/aromatic N) is 1. The first-order valence-corrected chi connectivity index (χ1v) is 8.45. The van der Waals surface area contributed by atoms with Gasteiger partial charge in [-0.15, -0.1) is 0 Å². The maximum atomic E-state index is 12.4. The van der Waals surface area contributed by atoms with Gasteiger partial charge in [-0.05, 0) is 42.5 Å². The summed E-state index contributed by atoms with van der Waals surface area (Å²) in [7, 11) is 0. The van der Waals surface area contributed by atoms with Crippen molar-refractivity contribution in [2.45, 2.75) is 32.1 Å². The van der Waals surface area contributed by atoms with E-state index in [4.69, 9.17) is 0 Å². The number of hydrogen-bond donors (Lipinski definition) is 0. The highest BCUT2D eigenvalue weighted by molar-refractivity contribution is 9.10. The van der Waals surface area contributed by atoms with Crippen molar-refractivity contribution in [2.24, 2.45) is 11.8 Å². The molecule has 1 aliphatic carbocycles. The van der Waals surface area contributed by atoms with Crippen LogP contribution in [0.1, 0.15) is 37.7 Å². The molecule has 0 amide bonds. The zero-order valence-corrected chi connectivity index (χ0v) is 14.0. The van der Waals surface area contributed by atoms with Crippen molar-refractivity contribution < 1.29 is 9.72 Å². The van der Waals surface area contributed by atoms with Crippen LogP contribution in [0.2, 0.25) is 0 Å². The van der Waals surface area contributed by atoms with E-state index < -0.39 is 5.92 Å². The number of allylic oxidation sites excluding steroid dienone is 1. The summed E-state index contributed by atoms with van der Waals surface area (Å²) in [5, 5.41) is 10.9. The third-order valence-corrected chi connectivity index (χ3v) is 4.77. The van der Waals surface area contributed by atoms with E-state index in [0.29, 0.717) is 0 Å². The SMILES string of the molecule is O=C(/C=C/c1ccc(Br)cc1)[C@H](C[N+](=O)[O-])C1CCCCC1. The van der Waals surface area contributed by atoms with Gasteiger partial charge in [0.15, 0.2) is 5.78 Å².